The molecular weight excluding hydrogens is 222 g/mol. The lowest BCUT2D eigenvalue weighted by molar-refractivity contribution is 0.861. The fourth-order valence-corrected chi connectivity index (χ4v) is 1.96. The fourth-order valence-electron chi connectivity index (χ4n) is 1.41. The van der Waals surface area contributed by atoms with Crippen LogP contribution >= 0.6 is 11.3 Å². The highest BCUT2D eigenvalue weighted by Crippen LogP contribution is 2.15. The Labute approximate surface area is 98.0 Å². The summed E-state index contributed by atoms with van der Waals surface area (Å²) in [7, 11) is 1.96. The molecule has 84 valence electrons. The molecule has 5 nitrogen and oxygen atoms in total. The van der Waals surface area contributed by atoms with Gasteiger partial charge in [-0.15, -0.1) is 11.3 Å². The van der Waals surface area contributed by atoms with E-state index in [2.05, 4.69) is 15.0 Å². The Morgan fingerprint density at radius 2 is 2.25 bits per heavy atom. The molecule has 0 radical (unpaired) electrons. The first kappa shape index (κ1) is 10.8. The number of aromatic nitrogens is 3. The van der Waals surface area contributed by atoms with Crippen LogP contribution in [0.2, 0.25) is 0 Å². The molecule has 0 amide bonds. The van der Waals surface area contributed by atoms with E-state index in [-0.39, 0.29) is 0 Å². The summed E-state index contributed by atoms with van der Waals surface area (Å²) in [5, 5.41) is 2.02. The highest BCUT2D eigenvalue weighted by atomic mass is 32.1. The topological polar surface area (TPSA) is 67.9 Å². The van der Waals surface area contributed by atoms with E-state index in [1.807, 2.05) is 29.8 Å². The molecule has 0 saturated heterocycles. The van der Waals surface area contributed by atoms with E-state index in [9.17, 15) is 0 Å². The van der Waals surface area contributed by atoms with E-state index < -0.39 is 0 Å². The Morgan fingerprint density at radius 1 is 1.44 bits per heavy atom. The van der Waals surface area contributed by atoms with Crippen molar-refractivity contribution in [3.8, 4) is 0 Å². The van der Waals surface area contributed by atoms with Gasteiger partial charge < -0.3 is 10.6 Å². The summed E-state index contributed by atoms with van der Waals surface area (Å²) in [6.45, 7) is 2.55. The highest BCUT2D eigenvalue weighted by molar-refractivity contribution is 7.07. The van der Waals surface area contributed by atoms with Gasteiger partial charge in [-0.1, -0.05) is 0 Å². The van der Waals surface area contributed by atoms with Crippen LogP contribution in [-0.2, 0) is 6.54 Å². The van der Waals surface area contributed by atoms with Crippen LogP contribution in [0.3, 0.4) is 0 Å². The van der Waals surface area contributed by atoms with Gasteiger partial charge in [0.05, 0.1) is 17.7 Å². The molecule has 0 atom stereocenters. The van der Waals surface area contributed by atoms with Crippen molar-refractivity contribution >= 4 is 23.0 Å². The van der Waals surface area contributed by atoms with Gasteiger partial charge in [-0.2, -0.15) is 0 Å². The Hall–Kier alpha value is -1.69. The van der Waals surface area contributed by atoms with Crippen LogP contribution in [0.4, 0.5) is 11.6 Å². The van der Waals surface area contributed by atoms with Gasteiger partial charge >= 0.3 is 0 Å². The van der Waals surface area contributed by atoms with Crippen molar-refractivity contribution < 1.29 is 0 Å². The third-order valence-electron chi connectivity index (χ3n) is 2.12. The van der Waals surface area contributed by atoms with Gasteiger partial charge in [0.2, 0.25) is 0 Å². The third-order valence-corrected chi connectivity index (χ3v) is 2.75. The van der Waals surface area contributed by atoms with Crippen molar-refractivity contribution in [3.63, 3.8) is 0 Å². The van der Waals surface area contributed by atoms with E-state index in [0.717, 1.165) is 18.1 Å². The summed E-state index contributed by atoms with van der Waals surface area (Å²) in [6.07, 6.45) is 0. The van der Waals surface area contributed by atoms with Crippen LogP contribution < -0.4 is 10.6 Å². The predicted molar refractivity (Wildman–Crippen MR) is 65.4 cm³/mol. The Kier molecular flexibility index (Phi) is 3.00. The fraction of sp³-hybridized carbons (Fsp3) is 0.300. The monoisotopic (exact) mass is 235 g/mol. The average Bonchev–Trinajstić information content (AvgIpc) is 2.68. The number of rotatable bonds is 3. The number of hydrogen-bond acceptors (Lipinski definition) is 6. The molecule has 0 spiro atoms. The zero-order valence-electron chi connectivity index (χ0n) is 9.21. The molecule has 0 aliphatic heterocycles. The van der Waals surface area contributed by atoms with Gasteiger partial charge in [-0.05, 0) is 6.92 Å². The molecular formula is C10H13N5S. The maximum Gasteiger partial charge on any atom is 0.134 e. The van der Waals surface area contributed by atoms with Crippen molar-refractivity contribution in [2.24, 2.45) is 0 Å². The first-order valence-electron chi connectivity index (χ1n) is 4.84. The van der Waals surface area contributed by atoms with Crippen molar-refractivity contribution in [2.45, 2.75) is 13.5 Å². The second-order valence-electron chi connectivity index (χ2n) is 3.53. The summed E-state index contributed by atoms with van der Waals surface area (Å²) in [5.41, 5.74) is 8.53. The summed E-state index contributed by atoms with van der Waals surface area (Å²) in [4.78, 5) is 14.6. The molecule has 0 aliphatic carbocycles. The van der Waals surface area contributed by atoms with Crippen molar-refractivity contribution in [3.05, 3.63) is 28.5 Å². The first-order chi connectivity index (χ1) is 7.65. The molecule has 0 bridgehead atoms. The molecule has 0 aromatic carbocycles. The van der Waals surface area contributed by atoms with Gasteiger partial charge in [-0.3, -0.25) is 0 Å². The van der Waals surface area contributed by atoms with Crippen LogP contribution in [0, 0.1) is 6.92 Å². The molecule has 0 saturated carbocycles. The average molecular weight is 235 g/mol. The van der Waals surface area contributed by atoms with Gasteiger partial charge in [0.15, 0.2) is 0 Å². The van der Waals surface area contributed by atoms with Crippen molar-refractivity contribution in [1.29, 1.82) is 0 Å². The summed E-state index contributed by atoms with van der Waals surface area (Å²) in [5.74, 6) is 1.99. The molecule has 0 aliphatic rings. The smallest absolute Gasteiger partial charge is 0.134 e. The minimum Gasteiger partial charge on any atom is -0.384 e. The highest BCUT2D eigenvalue weighted by Gasteiger charge is 2.06. The van der Waals surface area contributed by atoms with Crippen molar-refractivity contribution in [2.75, 3.05) is 17.7 Å². The lowest BCUT2D eigenvalue weighted by Gasteiger charge is -2.17. The molecule has 0 unspecified atom stereocenters. The maximum absolute atomic E-state index is 5.68. The van der Waals surface area contributed by atoms with E-state index >= 15 is 0 Å². The minimum absolute atomic E-state index is 0.493. The second kappa shape index (κ2) is 4.44. The van der Waals surface area contributed by atoms with Gasteiger partial charge in [0, 0.05) is 18.5 Å². The molecule has 0 fully saturated rings. The normalized spacial score (nSPS) is 10.4. The van der Waals surface area contributed by atoms with E-state index in [1.165, 1.54) is 0 Å². The SMILES string of the molecule is Cc1nc(N)cc(N(C)Cc2cscn2)n1. The lowest BCUT2D eigenvalue weighted by Crippen LogP contribution is -2.18. The van der Waals surface area contributed by atoms with E-state index in [4.69, 9.17) is 5.73 Å². The molecule has 16 heavy (non-hydrogen) atoms. The molecule has 2 heterocycles. The molecule has 2 aromatic heterocycles. The number of nitrogens with two attached hydrogens (primary N) is 1. The first-order valence-corrected chi connectivity index (χ1v) is 5.79. The van der Waals surface area contributed by atoms with E-state index in [0.29, 0.717) is 11.6 Å². The molecule has 6 heteroatoms. The van der Waals surface area contributed by atoms with Crippen LogP contribution in [0.15, 0.2) is 17.0 Å². The zero-order valence-corrected chi connectivity index (χ0v) is 10.0. The molecule has 2 aromatic rings. The van der Waals surface area contributed by atoms with Crippen LogP contribution in [0.5, 0.6) is 0 Å². The Morgan fingerprint density at radius 3 is 2.88 bits per heavy atom. The number of hydrogen-bond donors (Lipinski definition) is 1. The van der Waals surface area contributed by atoms with Crippen molar-refractivity contribution in [1.82, 2.24) is 15.0 Å². The molecule has 2 N–H and O–H groups in total. The number of nitrogens with zero attached hydrogens (tertiary/aromatic N) is 4. The predicted octanol–water partition coefficient (Wildman–Crippen LogP) is 1.46. The van der Waals surface area contributed by atoms with E-state index in [1.54, 1.807) is 17.4 Å². The number of anilines is 2. The standard InChI is InChI=1S/C10H13N5S/c1-7-13-9(11)3-10(14-7)15(2)4-8-5-16-6-12-8/h3,5-6H,4H2,1-2H3,(H2,11,13,14). The number of nitrogen functional groups attached to an aromatic ring is 1. The van der Waals surface area contributed by atoms with Gasteiger partial charge in [0.1, 0.15) is 17.5 Å². The van der Waals surface area contributed by atoms with Gasteiger partial charge in [0.25, 0.3) is 0 Å². The summed E-state index contributed by atoms with van der Waals surface area (Å²) in [6, 6.07) is 1.76. The lowest BCUT2D eigenvalue weighted by atomic mass is 10.4. The molecule has 2 rings (SSSR count). The summed E-state index contributed by atoms with van der Waals surface area (Å²) < 4.78 is 0. The quantitative estimate of drug-likeness (QED) is 0.872. The summed E-state index contributed by atoms with van der Waals surface area (Å²) >= 11 is 1.59. The number of thiazole rings is 1. The Balaban J connectivity index is 2.17. The van der Waals surface area contributed by atoms with Crippen LogP contribution in [-0.4, -0.2) is 22.0 Å². The van der Waals surface area contributed by atoms with Gasteiger partial charge in [-0.25, -0.2) is 15.0 Å². The maximum atomic E-state index is 5.68. The minimum atomic E-state index is 0.493. The van der Waals surface area contributed by atoms with Crippen LogP contribution in [0.25, 0.3) is 0 Å². The zero-order chi connectivity index (χ0) is 11.5. The number of aryl methyl sites for hydroxylation is 1. The third kappa shape index (κ3) is 2.46. The Bertz CT molecular complexity index is 448. The second-order valence-corrected chi connectivity index (χ2v) is 4.25. The largest absolute Gasteiger partial charge is 0.384 e. The van der Waals surface area contributed by atoms with Crippen LogP contribution in [0.1, 0.15) is 11.5 Å².